The summed E-state index contributed by atoms with van der Waals surface area (Å²) >= 11 is 0. The van der Waals surface area contributed by atoms with E-state index in [0.717, 1.165) is 0 Å². The minimum Gasteiger partial charge on any atom is -0.478 e. The van der Waals surface area contributed by atoms with Crippen LogP contribution >= 0.6 is 0 Å². The van der Waals surface area contributed by atoms with Crippen LogP contribution < -0.4 is 0 Å². The van der Waals surface area contributed by atoms with Gasteiger partial charge in [0.25, 0.3) is 0 Å². The molecule has 1 heterocycles. The maximum atomic E-state index is 10.8. The first-order chi connectivity index (χ1) is 8.13. The number of aldehydes is 1. The number of rotatable bonds is 3. The predicted octanol–water partition coefficient (Wildman–Crippen LogP) is 1.09. The fourth-order valence-electron chi connectivity index (χ4n) is 1.47. The zero-order valence-corrected chi connectivity index (χ0v) is 8.99. The summed E-state index contributed by atoms with van der Waals surface area (Å²) in [5.41, 5.74) is 1.53. The van der Waals surface area contributed by atoms with Crippen molar-refractivity contribution < 1.29 is 14.7 Å². The van der Waals surface area contributed by atoms with Gasteiger partial charge in [0, 0.05) is 0 Å². The fourth-order valence-corrected chi connectivity index (χ4v) is 1.47. The second kappa shape index (κ2) is 4.17. The Morgan fingerprint density at radius 2 is 2.24 bits per heavy atom. The molecule has 1 aromatic carbocycles. The molecule has 0 unspecified atom stereocenters. The molecule has 0 saturated carbocycles. The molecule has 1 N–H and O–H groups in total. The lowest BCUT2D eigenvalue weighted by molar-refractivity contribution is 0.0696. The van der Waals surface area contributed by atoms with Crippen molar-refractivity contribution in [2.24, 2.45) is 0 Å². The van der Waals surface area contributed by atoms with Gasteiger partial charge in [-0.3, -0.25) is 4.79 Å². The Bertz CT molecular complexity index is 589. The highest BCUT2D eigenvalue weighted by Gasteiger charge is 2.10. The molecule has 0 aliphatic rings. The Labute approximate surface area is 96.5 Å². The molecule has 0 amide bonds. The topological polar surface area (TPSA) is 85.1 Å². The van der Waals surface area contributed by atoms with Crippen LogP contribution in [0.4, 0.5) is 0 Å². The standard InChI is InChI=1S/C11H9N3O3/c1-7-10(6-15)12-13-14(7)9-4-2-3-8(5-9)11(16)17/h2-6H,1H3,(H,16,17). The Hall–Kier alpha value is -2.50. The highest BCUT2D eigenvalue weighted by atomic mass is 16.4. The molecule has 6 heteroatoms. The highest BCUT2D eigenvalue weighted by Crippen LogP contribution is 2.13. The molecule has 0 spiro atoms. The van der Waals surface area contributed by atoms with Crippen LogP contribution in [-0.2, 0) is 0 Å². The number of nitrogens with zero attached hydrogens (tertiary/aromatic N) is 3. The average molecular weight is 231 g/mol. The lowest BCUT2D eigenvalue weighted by atomic mass is 10.2. The van der Waals surface area contributed by atoms with E-state index in [1.54, 1.807) is 19.1 Å². The summed E-state index contributed by atoms with van der Waals surface area (Å²) in [7, 11) is 0. The molecule has 0 radical (unpaired) electrons. The van der Waals surface area contributed by atoms with Crippen LogP contribution in [0.5, 0.6) is 0 Å². The number of hydrogen-bond acceptors (Lipinski definition) is 4. The molecule has 2 rings (SSSR count). The minimum atomic E-state index is -1.01. The van der Waals surface area contributed by atoms with Gasteiger partial charge in [-0.25, -0.2) is 9.48 Å². The molecule has 86 valence electrons. The molecule has 0 atom stereocenters. The van der Waals surface area contributed by atoms with Gasteiger partial charge >= 0.3 is 5.97 Å². The number of carboxylic acids is 1. The number of carbonyl (C=O) groups is 2. The summed E-state index contributed by atoms with van der Waals surface area (Å²) in [6.07, 6.45) is 0.611. The molecule has 17 heavy (non-hydrogen) atoms. The monoisotopic (exact) mass is 231 g/mol. The number of aromatic nitrogens is 3. The number of hydrogen-bond donors (Lipinski definition) is 1. The third-order valence-electron chi connectivity index (χ3n) is 2.38. The van der Waals surface area contributed by atoms with Crippen LogP contribution in [-0.4, -0.2) is 32.4 Å². The lowest BCUT2D eigenvalue weighted by Gasteiger charge is -2.03. The quantitative estimate of drug-likeness (QED) is 0.799. The maximum Gasteiger partial charge on any atom is 0.335 e. The van der Waals surface area contributed by atoms with Crippen LogP contribution in [0.2, 0.25) is 0 Å². The number of carboxylic acid groups (broad SMARTS) is 1. The summed E-state index contributed by atoms with van der Waals surface area (Å²) in [6, 6.07) is 6.26. The van der Waals surface area contributed by atoms with Gasteiger partial charge in [-0.1, -0.05) is 11.3 Å². The molecule has 2 aromatic rings. The number of carbonyl (C=O) groups excluding carboxylic acids is 1. The first-order valence-electron chi connectivity index (χ1n) is 4.84. The van der Waals surface area contributed by atoms with Crippen LogP contribution in [0.1, 0.15) is 26.5 Å². The van der Waals surface area contributed by atoms with Crippen LogP contribution in [0.15, 0.2) is 24.3 Å². The van der Waals surface area contributed by atoms with E-state index in [0.29, 0.717) is 17.7 Å². The smallest absolute Gasteiger partial charge is 0.335 e. The van der Waals surface area contributed by atoms with Crippen LogP contribution in [0.3, 0.4) is 0 Å². The van der Waals surface area contributed by atoms with E-state index in [2.05, 4.69) is 10.3 Å². The van der Waals surface area contributed by atoms with Crippen molar-refractivity contribution >= 4 is 12.3 Å². The van der Waals surface area contributed by atoms with Gasteiger partial charge in [-0.15, -0.1) is 5.10 Å². The second-order valence-corrected chi connectivity index (χ2v) is 3.45. The molecule has 0 fully saturated rings. The molecule has 0 aliphatic carbocycles. The SMILES string of the molecule is Cc1c(C=O)nnn1-c1cccc(C(=O)O)c1. The number of aromatic carboxylic acids is 1. The first kappa shape index (κ1) is 11.0. The molecule has 0 aliphatic heterocycles. The zero-order valence-electron chi connectivity index (χ0n) is 8.99. The Morgan fingerprint density at radius 1 is 1.47 bits per heavy atom. The third kappa shape index (κ3) is 1.92. The van der Waals surface area contributed by atoms with Gasteiger partial charge in [-0.05, 0) is 25.1 Å². The van der Waals surface area contributed by atoms with Gasteiger partial charge in [0.2, 0.25) is 0 Å². The van der Waals surface area contributed by atoms with E-state index < -0.39 is 5.97 Å². The molecule has 0 saturated heterocycles. The van der Waals surface area contributed by atoms with E-state index in [1.807, 2.05) is 0 Å². The van der Waals surface area contributed by atoms with Gasteiger partial charge < -0.3 is 5.11 Å². The summed E-state index contributed by atoms with van der Waals surface area (Å²) in [5, 5.41) is 16.4. The van der Waals surface area contributed by atoms with E-state index in [1.165, 1.54) is 16.8 Å². The largest absolute Gasteiger partial charge is 0.478 e. The normalized spacial score (nSPS) is 10.2. The second-order valence-electron chi connectivity index (χ2n) is 3.45. The summed E-state index contributed by atoms with van der Waals surface area (Å²) in [5.74, 6) is -1.01. The van der Waals surface area contributed by atoms with Gasteiger partial charge in [0.05, 0.1) is 16.9 Å². The number of benzene rings is 1. The van der Waals surface area contributed by atoms with Crippen molar-refractivity contribution in [1.29, 1.82) is 0 Å². The van der Waals surface area contributed by atoms with E-state index in [9.17, 15) is 9.59 Å². The van der Waals surface area contributed by atoms with Crippen molar-refractivity contribution in [3.05, 3.63) is 41.2 Å². The van der Waals surface area contributed by atoms with Crippen molar-refractivity contribution in [3.63, 3.8) is 0 Å². The van der Waals surface area contributed by atoms with Crippen molar-refractivity contribution in [2.75, 3.05) is 0 Å². The predicted molar refractivity (Wildman–Crippen MR) is 58.4 cm³/mol. The first-order valence-corrected chi connectivity index (χ1v) is 4.84. The third-order valence-corrected chi connectivity index (χ3v) is 2.38. The van der Waals surface area contributed by atoms with Gasteiger partial charge in [-0.2, -0.15) is 0 Å². The van der Waals surface area contributed by atoms with E-state index in [-0.39, 0.29) is 11.3 Å². The van der Waals surface area contributed by atoms with Gasteiger partial charge in [0.1, 0.15) is 5.69 Å². The summed E-state index contributed by atoms with van der Waals surface area (Å²) in [6.45, 7) is 1.69. The lowest BCUT2D eigenvalue weighted by Crippen LogP contribution is -2.02. The Kier molecular flexibility index (Phi) is 2.70. The van der Waals surface area contributed by atoms with Crippen molar-refractivity contribution in [3.8, 4) is 5.69 Å². The average Bonchev–Trinajstić information content (AvgIpc) is 2.70. The summed E-state index contributed by atoms with van der Waals surface area (Å²) in [4.78, 5) is 21.5. The molecular weight excluding hydrogens is 222 g/mol. The molecule has 6 nitrogen and oxygen atoms in total. The molecule has 0 bridgehead atoms. The van der Waals surface area contributed by atoms with E-state index in [4.69, 9.17) is 5.11 Å². The van der Waals surface area contributed by atoms with Crippen molar-refractivity contribution in [2.45, 2.75) is 6.92 Å². The fraction of sp³-hybridized carbons (Fsp3) is 0.0909. The Balaban J connectivity index is 2.52. The van der Waals surface area contributed by atoms with Crippen LogP contribution in [0.25, 0.3) is 5.69 Å². The van der Waals surface area contributed by atoms with Gasteiger partial charge in [0.15, 0.2) is 6.29 Å². The van der Waals surface area contributed by atoms with Crippen LogP contribution in [0, 0.1) is 6.92 Å². The summed E-state index contributed by atoms with van der Waals surface area (Å²) < 4.78 is 1.43. The minimum absolute atomic E-state index is 0.157. The molecule has 1 aromatic heterocycles. The van der Waals surface area contributed by atoms with Crippen molar-refractivity contribution in [1.82, 2.24) is 15.0 Å². The molecular formula is C11H9N3O3. The van der Waals surface area contributed by atoms with E-state index >= 15 is 0 Å². The Morgan fingerprint density at radius 3 is 2.82 bits per heavy atom. The zero-order chi connectivity index (χ0) is 12.4. The highest BCUT2D eigenvalue weighted by molar-refractivity contribution is 5.88. The maximum absolute atomic E-state index is 10.8.